The molecular formula is C17H17N5O2. The average Bonchev–Trinajstić information content (AvgIpc) is 3.09. The Morgan fingerprint density at radius 2 is 2.17 bits per heavy atom. The summed E-state index contributed by atoms with van der Waals surface area (Å²) in [5.41, 5.74) is 2.56. The Morgan fingerprint density at radius 1 is 1.33 bits per heavy atom. The summed E-state index contributed by atoms with van der Waals surface area (Å²) in [5.74, 6) is -0.0824. The molecule has 3 heterocycles. The maximum atomic E-state index is 12.8. The predicted octanol–water partition coefficient (Wildman–Crippen LogP) is 1.27. The van der Waals surface area contributed by atoms with Crippen molar-refractivity contribution < 1.29 is 4.79 Å². The first kappa shape index (κ1) is 14.6. The van der Waals surface area contributed by atoms with Gasteiger partial charge >= 0.3 is 0 Å². The van der Waals surface area contributed by atoms with Crippen LogP contribution in [0.2, 0.25) is 0 Å². The number of H-pyrrole nitrogens is 1. The molecule has 1 N–H and O–H groups in total. The average molecular weight is 323 g/mol. The number of hydrogen-bond donors (Lipinski definition) is 1. The normalized spacial score (nSPS) is 15.3. The zero-order chi connectivity index (χ0) is 16.7. The lowest BCUT2D eigenvalue weighted by molar-refractivity contribution is -0.135. The molecule has 0 spiro atoms. The summed E-state index contributed by atoms with van der Waals surface area (Å²) in [5, 5.41) is 7.50. The summed E-state index contributed by atoms with van der Waals surface area (Å²) in [7, 11) is 0. The van der Waals surface area contributed by atoms with Gasteiger partial charge in [0.1, 0.15) is 6.04 Å². The largest absolute Gasteiger partial charge is 0.336 e. The van der Waals surface area contributed by atoms with Crippen molar-refractivity contribution in [3.05, 3.63) is 58.4 Å². The summed E-state index contributed by atoms with van der Waals surface area (Å²) >= 11 is 0. The Labute approximate surface area is 137 Å². The zero-order valence-electron chi connectivity index (χ0n) is 13.3. The van der Waals surface area contributed by atoms with Gasteiger partial charge in [0, 0.05) is 30.8 Å². The van der Waals surface area contributed by atoms with Crippen LogP contribution < -0.4 is 5.56 Å². The molecule has 0 saturated carbocycles. The van der Waals surface area contributed by atoms with Crippen molar-refractivity contribution in [2.75, 3.05) is 6.54 Å². The van der Waals surface area contributed by atoms with Gasteiger partial charge in [-0.1, -0.05) is 12.1 Å². The molecule has 0 fully saturated rings. The van der Waals surface area contributed by atoms with Gasteiger partial charge in [-0.25, -0.2) is 4.98 Å². The predicted molar refractivity (Wildman–Crippen MR) is 88.4 cm³/mol. The van der Waals surface area contributed by atoms with E-state index in [1.165, 1.54) is 10.9 Å². The number of carbonyl (C=O) groups excluding carboxylic acids is 1. The molecule has 0 aliphatic carbocycles. The topological polar surface area (TPSA) is 83.9 Å². The molecule has 1 aliphatic heterocycles. The second-order valence-corrected chi connectivity index (χ2v) is 6.03. The van der Waals surface area contributed by atoms with Crippen LogP contribution in [0.1, 0.15) is 24.2 Å². The maximum absolute atomic E-state index is 12.8. The van der Waals surface area contributed by atoms with Gasteiger partial charge in [-0.15, -0.1) is 0 Å². The van der Waals surface area contributed by atoms with Crippen molar-refractivity contribution in [3.8, 4) is 0 Å². The number of aromatic nitrogens is 4. The fraction of sp³-hybridized carbons (Fsp3) is 0.294. The summed E-state index contributed by atoms with van der Waals surface area (Å²) < 4.78 is 1.41. The summed E-state index contributed by atoms with van der Waals surface area (Å²) in [6.45, 7) is 2.88. The van der Waals surface area contributed by atoms with Crippen LogP contribution in [0, 0.1) is 0 Å². The molecule has 7 heteroatoms. The van der Waals surface area contributed by atoms with Crippen molar-refractivity contribution in [1.29, 1.82) is 0 Å². The summed E-state index contributed by atoms with van der Waals surface area (Å²) in [6, 6.07) is 6.57. The first-order valence-electron chi connectivity index (χ1n) is 7.91. The van der Waals surface area contributed by atoms with E-state index >= 15 is 0 Å². The van der Waals surface area contributed by atoms with Gasteiger partial charge < -0.3 is 4.90 Å². The Balaban J connectivity index is 1.64. The lowest BCUT2D eigenvalue weighted by Crippen LogP contribution is -2.41. The second-order valence-electron chi connectivity index (χ2n) is 6.03. The van der Waals surface area contributed by atoms with Gasteiger partial charge in [0.15, 0.2) is 0 Å². The number of nitrogens with zero attached hydrogens (tertiary/aromatic N) is 4. The van der Waals surface area contributed by atoms with Gasteiger partial charge in [0.25, 0.3) is 5.56 Å². The minimum Gasteiger partial charge on any atom is -0.336 e. The van der Waals surface area contributed by atoms with Crippen molar-refractivity contribution in [3.63, 3.8) is 0 Å². The number of carbonyl (C=O) groups is 1. The molecule has 24 heavy (non-hydrogen) atoms. The number of benzene rings is 1. The highest BCUT2D eigenvalue weighted by molar-refractivity contribution is 5.81. The molecule has 1 aliphatic rings. The maximum Gasteiger partial charge on any atom is 0.261 e. The van der Waals surface area contributed by atoms with Crippen LogP contribution in [0.15, 0.2) is 41.6 Å². The second kappa shape index (κ2) is 5.59. The molecule has 3 aromatic rings. The lowest BCUT2D eigenvalue weighted by atomic mass is 10.1. The van der Waals surface area contributed by atoms with Gasteiger partial charge in [-0.3, -0.25) is 19.3 Å². The first-order valence-corrected chi connectivity index (χ1v) is 7.91. The number of aromatic amines is 1. The minimum absolute atomic E-state index is 0.0824. The third-order valence-corrected chi connectivity index (χ3v) is 4.58. The van der Waals surface area contributed by atoms with E-state index in [1.807, 2.05) is 6.07 Å². The van der Waals surface area contributed by atoms with E-state index in [0.717, 1.165) is 17.7 Å². The van der Waals surface area contributed by atoms with E-state index in [1.54, 1.807) is 36.2 Å². The van der Waals surface area contributed by atoms with Crippen molar-refractivity contribution >= 4 is 16.8 Å². The van der Waals surface area contributed by atoms with Crippen LogP contribution in [-0.4, -0.2) is 37.1 Å². The van der Waals surface area contributed by atoms with Crippen LogP contribution in [0.3, 0.4) is 0 Å². The third kappa shape index (κ3) is 2.29. The van der Waals surface area contributed by atoms with E-state index in [4.69, 9.17) is 0 Å². The van der Waals surface area contributed by atoms with Gasteiger partial charge in [0.2, 0.25) is 5.91 Å². The Kier molecular flexibility index (Phi) is 3.41. The molecule has 7 nitrogen and oxygen atoms in total. The van der Waals surface area contributed by atoms with Crippen molar-refractivity contribution in [2.45, 2.75) is 25.9 Å². The van der Waals surface area contributed by atoms with E-state index in [9.17, 15) is 9.59 Å². The monoisotopic (exact) mass is 323 g/mol. The van der Waals surface area contributed by atoms with Gasteiger partial charge in [-0.05, 0) is 19.1 Å². The van der Waals surface area contributed by atoms with Crippen LogP contribution >= 0.6 is 0 Å². The zero-order valence-corrected chi connectivity index (χ0v) is 13.3. The summed E-state index contributed by atoms with van der Waals surface area (Å²) in [6.07, 6.45) is 3.96. The molecule has 1 atom stereocenters. The standard InChI is InChI=1S/C17H17N5O2/c1-11(16(23)21-7-6-14-12(9-21)8-19-20-14)22-10-18-15-5-3-2-4-13(15)17(22)24/h2-5,8,10-11H,6-7,9H2,1H3,(H,19,20)/t11-/m0/s1. The SMILES string of the molecule is C[C@@H](C(=O)N1CCc2[nH]ncc2C1)n1cnc2ccccc2c1=O. The Hall–Kier alpha value is -2.96. The van der Waals surface area contributed by atoms with Gasteiger partial charge in [-0.2, -0.15) is 5.10 Å². The number of hydrogen-bond acceptors (Lipinski definition) is 4. The molecule has 122 valence electrons. The molecule has 0 bridgehead atoms. The number of fused-ring (bicyclic) bond motifs is 2. The molecule has 0 unspecified atom stereocenters. The quantitative estimate of drug-likeness (QED) is 0.769. The smallest absolute Gasteiger partial charge is 0.261 e. The van der Waals surface area contributed by atoms with Crippen molar-refractivity contribution in [1.82, 2.24) is 24.6 Å². The fourth-order valence-corrected chi connectivity index (χ4v) is 3.15. The van der Waals surface area contributed by atoms with Gasteiger partial charge in [0.05, 0.1) is 23.4 Å². The molecular weight excluding hydrogens is 306 g/mol. The summed E-state index contributed by atoms with van der Waals surface area (Å²) in [4.78, 5) is 31.5. The van der Waals surface area contributed by atoms with E-state index in [0.29, 0.717) is 24.0 Å². The highest BCUT2D eigenvalue weighted by Crippen LogP contribution is 2.19. The Bertz CT molecular complexity index is 974. The molecule has 0 saturated heterocycles. The van der Waals surface area contributed by atoms with E-state index in [-0.39, 0.29) is 11.5 Å². The van der Waals surface area contributed by atoms with E-state index in [2.05, 4.69) is 15.2 Å². The van der Waals surface area contributed by atoms with Crippen LogP contribution in [-0.2, 0) is 17.8 Å². The van der Waals surface area contributed by atoms with Crippen molar-refractivity contribution in [2.24, 2.45) is 0 Å². The number of para-hydroxylation sites is 1. The number of nitrogens with one attached hydrogen (secondary N) is 1. The van der Waals surface area contributed by atoms with Crippen LogP contribution in [0.4, 0.5) is 0 Å². The Morgan fingerprint density at radius 3 is 3.04 bits per heavy atom. The van der Waals surface area contributed by atoms with Crippen LogP contribution in [0.25, 0.3) is 10.9 Å². The van der Waals surface area contributed by atoms with Crippen LogP contribution in [0.5, 0.6) is 0 Å². The van der Waals surface area contributed by atoms with E-state index < -0.39 is 6.04 Å². The number of amides is 1. The molecule has 2 aromatic heterocycles. The first-order chi connectivity index (χ1) is 11.6. The minimum atomic E-state index is -0.594. The third-order valence-electron chi connectivity index (χ3n) is 4.58. The lowest BCUT2D eigenvalue weighted by Gasteiger charge is -2.29. The highest BCUT2D eigenvalue weighted by atomic mass is 16.2. The number of rotatable bonds is 2. The molecule has 1 aromatic carbocycles. The highest BCUT2D eigenvalue weighted by Gasteiger charge is 2.27. The fourth-order valence-electron chi connectivity index (χ4n) is 3.15. The molecule has 1 amide bonds. The molecule has 4 rings (SSSR count). The molecule has 0 radical (unpaired) electrons.